The van der Waals surface area contributed by atoms with Crippen molar-refractivity contribution in [3.8, 4) is 0 Å². The van der Waals surface area contributed by atoms with Crippen LogP contribution in [0.2, 0.25) is 0 Å². The number of carbonyl (C=O) groups is 1. The first-order valence-electron chi connectivity index (χ1n) is 8.28. The van der Waals surface area contributed by atoms with Crippen molar-refractivity contribution in [1.82, 2.24) is 4.90 Å². The van der Waals surface area contributed by atoms with Crippen molar-refractivity contribution in [2.24, 2.45) is 0 Å². The molecule has 1 unspecified atom stereocenters. The number of rotatable bonds is 6. The number of hydrogen-bond donors (Lipinski definition) is 2. The molecule has 2 aromatic carbocycles. The van der Waals surface area contributed by atoms with E-state index >= 15 is 0 Å². The van der Waals surface area contributed by atoms with Gasteiger partial charge in [0.1, 0.15) is 0 Å². The molecule has 1 heterocycles. The summed E-state index contributed by atoms with van der Waals surface area (Å²) in [5, 5.41) is 6.50. The lowest BCUT2D eigenvalue weighted by atomic mass is 10.2. The normalized spacial score (nSPS) is 17.6. The highest BCUT2D eigenvalue weighted by Gasteiger charge is 2.22. The molecule has 1 saturated heterocycles. The maximum atomic E-state index is 12.1. The Kier molecular flexibility index (Phi) is 5.88. The molecule has 0 radical (unpaired) electrons. The molecule has 24 heavy (non-hydrogen) atoms. The van der Waals surface area contributed by atoms with Crippen molar-refractivity contribution in [2.45, 2.75) is 18.9 Å². The van der Waals surface area contributed by atoms with Crippen LogP contribution in [0, 0.1) is 0 Å². The van der Waals surface area contributed by atoms with E-state index in [0.29, 0.717) is 12.5 Å². The summed E-state index contributed by atoms with van der Waals surface area (Å²) in [7, 11) is 0. The highest BCUT2D eigenvalue weighted by Crippen LogP contribution is 2.17. The summed E-state index contributed by atoms with van der Waals surface area (Å²) in [6.45, 7) is 2.82. The van der Waals surface area contributed by atoms with Gasteiger partial charge in [-0.3, -0.25) is 4.79 Å². The molecule has 126 valence electrons. The Hall–Kier alpha value is -1.85. The van der Waals surface area contributed by atoms with Crippen LogP contribution in [-0.4, -0.2) is 36.5 Å². The molecule has 0 bridgehead atoms. The predicted molar refractivity (Wildman–Crippen MR) is 102 cm³/mol. The van der Waals surface area contributed by atoms with Crippen molar-refractivity contribution in [3.05, 3.63) is 59.1 Å². The lowest BCUT2D eigenvalue weighted by molar-refractivity contribution is -0.116. The van der Waals surface area contributed by atoms with Crippen LogP contribution in [0.5, 0.6) is 0 Å². The Bertz CT molecular complexity index is 677. The van der Waals surface area contributed by atoms with Crippen molar-refractivity contribution in [1.29, 1.82) is 0 Å². The molecule has 5 heteroatoms. The summed E-state index contributed by atoms with van der Waals surface area (Å²) in [5.74, 6) is 0.0626. The van der Waals surface area contributed by atoms with Gasteiger partial charge in [0.15, 0.2) is 0 Å². The second kappa shape index (κ2) is 8.31. The Morgan fingerprint density at radius 3 is 2.71 bits per heavy atom. The summed E-state index contributed by atoms with van der Waals surface area (Å²) in [6, 6.07) is 18.4. The van der Waals surface area contributed by atoms with Gasteiger partial charge in [-0.15, -0.1) is 0 Å². The molecule has 1 atom stereocenters. The molecule has 2 aromatic rings. The van der Waals surface area contributed by atoms with Gasteiger partial charge >= 0.3 is 0 Å². The summed E-state index contributed by atoms with van der Waals surface area (Å²) in [5.41, 5.74) is 2.00. The molecule has 0 aliphatic carbocycles. The number of carbonyl (C=O) groups excluding carboxylic acids is 1. The molecular weight excluding hydrogens is 366 g/mol. The second-order valence-electron chi connectivity index (χ2n) is 6.11. The summed E-state index contributed by atoms with van der Waals surface area (Å²) >= 11 is 3.41. The van der Waals surface area contributed by atoms with Crippen molar-refractivity contribution in [2.75, 3.05) is 30.3 Å². The first-order chi connectivity index (χ1) is 11.7. The van der Waals surface area contributed by atoms with Gasteiger partial charge in [0, 0.05) is 47.9 Å². The van der Waals surface area contributed by atoms with Gasteiger partial charge in [0.05, 0.1) is 0 Å². The number of halogens is 1. The van der Waals surface area contributed by atoms with Crippen molar-refractivity contribution < 1.29 is 4.79 Å². The molecular formula is C19H22BrN3O. The van der Waals surface area contributed by atoms with Crippen LogP contribution < -0.4 is 10.6 Å². The number of amides is 1. The number of nitrogens with one attached hydrogen (secondary N) is 2. The minimum atomic E-state index is 0.0626. The van der Waals surface area contributed by atoms with Gasteiger partial charge in [0.2, 0.25) is 5.91 Å². The Labute approximate surface area is 151 Å². The van der Waals surface area contributed by atoms with Gasteiger partial charge in [-0.05, 0) is 36.8 Å². The Balaban J connectivity index is 1.40. The van der Waals surface area contributed by atoms with Gasteiger partial charge < -0.3 is 15.5 Å². The third kappa shape index (κ3) is 5.08. The second-order valence-corrected chi connectivity index (χ2v) is 7.02. The lowest BCUT2D eigenvalue weighted by Gasteiger charge is -2.17. The molecule has 1 amide bonds. The van der Waals surface area contributed by atoms with E-state index < -0.39 is 0 Å². The van der Waals surface area contributed by atoms with E-state index in [4.69, 9.17) is 0 Å². The molecule has 0 saturated carbocycles. The average molecular weight is 388 g/mol. The Morgan fingerprint density at radius 2 is 1.92 bits per heavy atom. The molecule has 2 N–H and O–H groups in total. The molecule has 3 rings (SSSR count). The Morgan fingerprint density at radius 1 is 1.12 bits per heavy atom. The maximum absolute atomic E-state index is 12.1. The standard InChI is InChI=1S/C19H22BrN3O/c20-15-5-4-8-17(13-15)22-19(24)10-12-23-11-9-18(14-23)21-16-6-2-1-3-7-16/h1-8,13,18,21H,9-12,14H2,(H,22,24). The van der Waals surface area contributed by atoms with Crippen LogP contribution in [0.4, 0.5) is 11.4 Å². The minimum absolute atomic E-state index is 0.0626. The number of para-hydroxylation sites is 1. The predicted octanol–water partition coefficient (Wildman–Crippen LogP) is 3.96. The first kappa shape index (κ1) is 17.0. The van der Waals surface area contributed by atoms with Crippen LogP contribution in [0.15, 0.2) is 59.1 Å². The number of benzene rings is 2. The highest BCUT2D eigenvalue weighted by atomic mass is 79.9. The molecule has 4 nitrogen and oxygen atoms in total. The van der Waals surface area contributed by atoms with Gasteiger partial charge in [-0.25, -0.2) is 0 Å². The van der Waals surface area contributed by atoms with Crippen LogP contribution in [-0.2, 0) is 4.79 Å². The fourth-order valence-corrected chi connectivity index (χ4v) is 3.37. The number of nitrogens with zero attached hydrogens (tertiary/aromatic N) is 1. The van der Waals surface area contributed by atoms with Crippen molar-refractivity contribution in [3.63, 3.8) is 0 Å². The monoisotopic (exact) mass is 387 g/mol. The van der Waals surface area contributed by atoms with Crippen LogP contribution in [0.3, 0.4) is 0 Å². The van der Waals surface area contributed by atoms with E-state index in [-0.39, 0.29) is 5.91 Å². The van der Waals surface area contributed by atoms with E-state index in [1.807, 2.05) is 42.5 Å². The number of anilines is 2. The van der Waals surface area contributed by atoms with Crippen LogP contribution in [0.1, 0.15) is 12.8 Å². The SMILES string of the molecule is O=C(CCN1CCC(Nc2ccccc2)C1)Nc1cccc(Br)c1. The zero-order chi connectivity index (χ0) is 16.8. The van der Waals surface area contributed by atoms with E-state index in [9.17, 15) is 4.79 Å². The molecule has 1 fully saturated rings. The van der Waals surface area contributed by atoms with Crippen LogP contribution in [0.25, 0.3) is 0 Å². The minimum Gasteiger partial charge on any atom is -0.381 e. The number of likely N-dealkylation sites (tertiary alicyclic amines) is 1. The van der Waals surface area contributed by atoms with E-state index in [0.717, 1.165) is 41.9 Å². The number of hydrogen-bond acceptors (Lipinski definition) is 3. The van der Waals surface area contributed by atoms with Gasteiger partial charge in [-0.2, -0.15) is 0 Å². The largest absolute Gasteiger partial charge is 0.381 e. The third-order valence-corrected chi connectivity index (χ3v) is 4.67. The van der Waals surface area contributed by atoms with Gasteiger partial charge in [0.25, 0.3) is 0 Å². The van der Waals surface area contributed by atoms with Crippen molar-refractivity contribution >= 4 is 33.2 Å². The van der Waals surface area contributed by atoms with Gasteiger partial charge in [-0.1, -0.05) is 40.2 Å². The zero-order valence-electron chi connectivity index (χ0n) is 13.5. The van der Waals surface area contributed by atoms with E-state index in [2.05, 4.69) is 43.6 Å². The smallest absolute Gasteiger partial charge is 0.225 e. The maximum Gasteiger partial charge on any atom is 0.225 e. The van der Waals surface area contributed by atoms with Crippen LogP contribution >= 0.6 is 15.9 Å². The summed E-state index contributed by atoms with van der Waals surface area (Å²) in [6.07, 6.45) is 1.63. The summed E-state index contributed by atoms with van der Waals surface area (Å²) < 4.78 is 0.967. The molecule has 0 aromatic heterocycles. The molecule has 1 aliphatic rings. The summed E-state index contributed by atoms with van der Waals surface area (Å²) in [4.78, 5) is 14.4. The quantitative estimate of drug-likeness (QED) is 0.787. The first-order valence-corrected chi connectivity index (χ1v) is 9.08. The topological polar surface area (TPSA) is 44.4 Å². The third-order valence-electron chi connectivity index (χ3n) is 4.18. The zero-order valence-corrected chi connectivity index (χ0v) is 15.1. The highest BCUT2D eigenvalue weighted by molar-refractivity contribution is 9.10. The fourth-order valence-electron chi connectivity index (χ4n) is 2.97. The van der Waals surface area contributed by atoms with E-state index in [1.165, 1.54) is 0 Å². The molecule has 0 spiro atoms. The molecule has 1 aliphatic heterocycles. The van der Waals surface area contributed by atoms with E-state index in [1.54, 1.807) is 0 Å². The lowest BCUT2D eigenvalue weighted by Crippen LogP contribution is -2.29. The fraction of sp³-hybridized carbons (Fsp3) is 0.316. The average Bonchev–Trinajstić information content (AvgIpc) is 3.01.